The molecule has 0 saturated carbocycles. The summed E-state index contributed by atoms with van der Waals surface area (Å²) in [6.45, 7) is 0.00450. The SMILES string of the molecule is COc1ccc(-c2cccc(CO)c2)cc1C=O. The quantitative estimate of drug-likeness (QED) is 0.838. The van der Waals surface area contributed by atoms with Gasteiger partial charge in [0.2, 0.25) is 0 Å². The van der Waals surface area contributed by atoms with Crippen molar-refractivity contribution >= 4 is 6.29 Å². The normalized spacial score (nSPS) is 10.1. The molecule has 3 nitrogen and oxygen atoms in total. The zero-order valence-corrected chi connectivity index (χ0v) is 10.1. The minimum atomic E-state index is 0.00450. The lowest BCUT2D eigenvalue weighted by Gasteiger charge is -2.07. The third-order valence-corrected chi connectivity index (χ3v) is 2.80. The van der Waals surface area contributed by atoms with Crippen molar-refractivity contribution in [3.63, 3.8) is 0 Å². The fourth-order valence-electron chi connectivity index (χ4n) is 1.86. The van der Waals surface area contributed by atoms with Crippen molar-refractivity contribution in [2.24, 2.45) is 0 Å². The van der Waals surface area contributed by atoms with Crippen LogP contribution in [0.15, 0.2) is 42.5 Å². The Morgan fingerprint density at radius 2 is 1.94 bits per heavy atom. The van der Waals surface area contributed by atoms with Crippen molar-refractivity contribution in [3.8, 4) is 16.9 Å². The van der Waals surface area contributed by atoms with Gasteiger partial charge < -0.3 is 9.84 Å². The maximum Gasteiger partial charge on any atom is 0.153 e. The lowest BCUT2D eigenvalue weighted by molar-refractivity contribution is 0.112. The minimum absolute atomic E-state index is 0.00450. The van der Waals surface area contributed by atoms with Crippen LogP contribution in [0.1, 0.15) is 15.9 Å². The molecule has 0 radical (unpaired) electrons. The van der Waals surface area contributed by atoms with Gasteiger partial charge in [0, 0.05) is 0 Å². The van der Waals surface area contributed by atoms with Gasteiger partial charge in [-0.25, -0.2) is 0 Å². The van der Waals surface area contributed by atoms with Gasteiger partial charge in [0.05, 0.1) is 19.3 Å². The van der Waals surface area contributed by atoms with E-state index in [1.54, 1.807) is 12.1 Å². The maximum absolute atomic E-state index is 11.0. The van der Waals surface area contributed by atoms with Crippen LogP contribution in [-0.2, 0) is 6.61 Å². The highest BCUT2D eigenvalue weighted by atomic mass is 16.5. The van der Waals surface area contributed by atoms with Crippen LogP contribution in [-0.4, -0.2) is 18.5 Å². The number of rotatable bonds is 4. The van der Waals surface area contributed by atoms with Crippen LogP contribution >= 0.6 is 0 Å². The largest absolute Gasteiger partial charge is 0.496 e. The average molecular weight is 242 g/mol. The van der Waals surface area contributed by atoms with Crippen LogP contribution in [0.5, 0.6) is 5.75 Å². The van der Waals surface area contributed by atoms with Crippen molar-refractivity contribution in [1.82, 2.24) is 0 Å². The van der Waals surface area contributed by atoms with Crippen LogP contribution in [0.25, 0.3) is 11.1 Å². The molecule has 0 bridgehead atoms. The first-order chi connectivity index (χ1) is 8.78. The number of hydrogen-bond acceptors (Lipinski definition) is 3. The third-order valence-electron chi connectivity index (χ3n) is 2.80. The van der Waals surface area contributed by atoms with E-state index in [1.807, 2.05) is 30.3 Å². The number of carbonyl (C=O) groups is 1. The lowest BCUT2D eigenvalue weighted by atomic mass is 10.0. The number of aldehydes is 1. The van der Waals surface area contributed by atoms with Crippen molar-refractivity contribution in [2.75, 3.05) is 7.11 Å². The Hall–Kier alpha value is -2.13. The molecular formula is C15H14O3. The van der Waals surface area contributed by atoms with Gasteiger partial charge in [-0.3, -0.25) is 4.79 Å². The predicted octanol–water partition coefficient (Wildman–Crippen LogP) is 2.67. The number of methoxy groups -OCH3 is 1. The second kappa shape index (κ2) is 5.47. The molecule has 0 heterocycles. The molecule has 18 heavy (non-hydrogen) atoms. The fraction of sp³-hybridized carbons (Fsp3) is 0.133. The van der Waals surface area contributed by atoms with Crippen molar-refractivity contribution in [3.05, 3.63) is 53.6 Å². The first-order valence-corrected chi connectivity index (χ1v) is 5.62. The summed E-state index contributed by atoms with van der Waals surface area (Å²) in [6, 6.07) is 13.0. The second-order valence-corrected chi connectivity index (χ2v) is 3.93. The molecule has 0 unspecified atom stereocenters. The van der Waals surface area contributed by atoms with E-state index in [2.05, 4.69) is 0 Å². The minimum Gasteiger partial charge on any atom is -0.496 e. The Morgan fingerprint density at radius 3 is 2.61 bits per heavy atom. The molecule has 0 spiro atoms. The Morgan fingerprint density at radius 1 is 1.17 bits per heavy atom. The molecule has 2 aromatic carbocycles. The zero-order chi connectivity index (χ0) is 13.0. The second-order valence-electron chi connectivity index (χ2n) is 3.93. The van der Waals surface area contributed by atoms with E-state index in [1.165, 1.54) is 7.11 Å². The molecule has 0 saturated heterocycles. The molecule has 0 aliphatic heterocycles. The van der Waals surface area contributed by atoms with Crippen LogP contribution < -0.4 is 4.74 Å². The summed E-state index contributed by atoms with van der Waals surface area (Å²) >= 11 is 0. The number of aliphatic hydroxyl groups excluding tert-OH is 1. The van der Waals surface area contributed by atoms with Crippen LogP contribution in [0, 0.1) is 0 Å². The molecule has 0 atom stereocenters. The third kappa shape index (κ3) is 2.41. The van der Waals surface area contributed by atoms with Gasteiger partial charge in [0.1, 0.15) is 5.75 Å². The summed E-state index contributed by atoms with van der Waals surface area (Å²) in [5.41, 5.74) is 3.25. The zero-order valence-electron chi connectivity index (χ0n) is 10.1. The van der Waals surface area contributed by atoms with E-state index in [0.29, 0.717) is 11.3 Å². The number of ether oxygens (including phenoxy) is 1. The van der Waals surface area contributed by atoms with E-state index in [-0.39, 0.29) is 6.61 Å². The highest BCUT2D eigenvalue weighted by molar-refractivity contribution is 5.83. The summed E-state index contributed by atoms with van der Waals surface area (Å²) < 4.78 is 5.10. The number of carbonyl (C=O) groups excluding carboxylic acids is 1. The van der Waals surface area contributed by atoms with Gasteiger partial charge in [-0.05, 0) is 34.9 Å². The Balaban J connectivity index is 2.47. The first-order valence-electron chi connectivity index (χ1n) is 5.62. The van der Waals surface area contributed by atoms with Gasteiger partial charge in [0.25, 0.3) is 0 Å². The molecule has 3 heteroatoms. The summed E-state index contributed by atoms with van der Waals surface area (Å²) in [5, 5.41) is 9.12. The summed E-state index contributed by atoms with van der Waals surface area (Å²) in [4.78, 5) is 11.0. The summed E-state index contributed by atoms with van der Waals surface area (Å²) in [6.07, 6.45) is 0.776. The Kier molecular flexibility index (Phi) is 3.75. The lowest BCUT2D eigenvalue weighted by Crippen LogP contribution is -1.91. The highest BCUT2D eigenvalue weighted by Crippen LogP contribution is 2.26. The number of benzene rings is 2. The van der Waals surface area contributed by atoms with Gasteiger partial charge in [-0.2, -0.15) is 0 Å². The molecule has 92 valence electrons. The highest BCUT2D eigenvalue weighted by Gasteiger charge is 2.05. The topological polar surface area (TPSA) is 46.5 Å². The Labute approximate surface area is 106 Å². The Bertz CT molecular complexity index is 561. The molecule has 0 aromatic heterocycles. The molecule has 0 fully saturated rings. The van der Waals surface area contributed by atoms with E-state index < -0.39 is 0 Å². The van der Waals surface area contributed by atoms with Gasteiger partial charge in [-0.15, -0.1) is 0 Å². The smallest absolute Gasteiger partial charge is 0.153 e. The van der Waals surface area contributed by atoms with E-state index >= 15 is 0 Å². The molecule has 0 aliphatic carbocycles. The molecule has 0 aliphatic rings. The van der Waals surface area contributed by atoms with Crippen molar-refractivity contribution < 1.29 is 14.6 Å². The fourth-order valence-corrected chi connectivity index (χ4v) is 1.86. The maximum atomic E-state index is 11.0. The molecule has 2 rings (SSSR count). The summed E-state index contributed by atoms with van der Waals surface area (Å²) in [7, 11) is 1.54. The predicted molar refractivity (Wildman–Crippen MR) is 69.7 cm³/mol. The van der Waals surface area contributed by atoms with Crippen LogP contribution in [0.4, 0.5) is 0 Å². The summed E-state index contributed by atoms with van der Waals surface area (Å²) in [5.74, 6) is 0.562. The molecule has 1 N–H and O–H groups in total. The first kappa shape index (κ1) is 12.3. The van der Waals surface area contributed by atoms with Crippen molar-refractivity contribution in [2.45, 2.75) is 6.61 Å². The van der Waals surface area contributed by atoms with E-state index in [0.717, 1.165) is 23.0 Å². The standard InChI is InChI=1S/C15H14O3/c1-18-15-6-5-13(8-14(15)10-17)12-4-2-3-11(7-12)9-16/h2-8,10,16H,9H2,1H3. The van der Waals surface area contributed by atoms with E-state index in [9.17, 15) is 4.79 Å². The van der Waals surface area contributed by atoms with E-state index in [4.69, 9.17) is 9.84 Å². The average Bonchev–Trinajstić information content (AvgIpc) is 2.46. The monoisotopic (exact) mass is 242 g/mol. The molecule has 2 aromatic rings. The number of aliphatic hydroxyl groups is 1. The van der Waals surface area contributed by atoms with Gasteiger partial charge in [-0.1, -0.05) is 24.3 Å². The van der Waals surface area contributed by atoms with Gasteiger partial charge >= 0.3 is 0 Å². The van der Waals surface area contributed by atoms with Crippen LogP contribution in [0.2, 0.25) is 0 Å². The number of hydrogen-bond donors (Lipinski definition) is 1. The molecular weight excluding hydrogens is 228 g/mol. The van der Waals surface area contributed by atoms with Crippen molar-refractivity contribution in [1.29, 1.82) is 0 Å². The molecule has 0 amide bonds. The van der Waals surface area contributed by atoms with Gasteiger partial charge in [0.15, 0.2) is 6.29 Å². The van der Waals surface area contributed by atoms with Crippen LogP contribution in [0.3, 0.4) is 0 Å².